The molecule has 86 valence electrons. The van der Waals surface area contributed by atoms with Gasteiger partial charge in [0.1, 0.15) is 5.75 Å². The van der Waals surface area contributed by atoms with Crippen LogP contribution in [0.2, 0.25) is 5.02 Å². The molecular formula is C11H17Cl2NO. The number of aryl methyl sites for hydroxylation is 1. The number of nitrogens with two attached hydrogens (primary N) is 1. The van der Waals surface area contributed by atoms with Gasteiger partial charge in [-0.2, -0.15) is 0 Å². The standard InChI is InChI=1S/C11H16ClNO.ClH/c1-3-4-10(13)9-6-8(12)5-7(2)11(9)14;/h5-6,10,14H,3-4,13H2,1-2H3;1H/t10-;/m0./s1. The Hall–Kier alpha value is -0.440. The molecule has 1 atom stereocenters. The highest BCUT2D eigenvalue weighted by Gasteiger charge is 2.12. The first-order chi connectivity index (χ1) is 6.56. The third kappa shape index (κ3) is 3.56. The van der Waals surface area contributed by atoms with Crippen molar-refractivity contribution < 1.29 is 5.11 Å². The molecule has 0 bridgehead atoms. The summed E-state index contributed by atoms with van der Waals surface area (Å²) in [5, 5.41) is 10.4. The summed E-state index contributed by atoms with van der Waals surface area (Å²) in [6, 6.07) is 3.35. The first-order valence-corrected chi connectivity index (χ1v) is 5.18. The van der Waals surface area contributed by atoms with E-state index in [0.29, 0.717) is 5.02 Å². The zero-order valence-corrected chi connectivity index (χ0v) is 10.5. The number of phenolic OH excluding ortho intramolecular Hbond substituents is 1. The molecule has 1 aromatic carbocycles. The van der Waals surface area contributed by atoms with Crippen molar-refractivity contribution in [2.75, 3.05) is 0 Å². The maximum absolute atomic E-state index is 9.78. The molecule has 0 aliphatic rings. The molecule has 0 aromatic heterocycles. The molecule has 0 heterocycles. The fraction of sp³-hybridized carbons (Fsp3) is 0.455. The summed E-state index contributed by atoms with van der Waals surface area (Å²) in [6.45, 7) is 3.89. The number of hydrogen-bond donors (Lipinski definition) is 2. The Morgan fingerprint density at radius 1 is 1.47 bits per heavy atom. The van der Waals surface area contributed by atoms with Crippen LogP contribution in [0.1, 0.15) is 36.9 Å². The van der Waals surface area contributed by atoms with Crippen LogP contribution in [0.25, 0.3) is 0 Å². The van der Waals surface area contributed by atoms with E-state index in [1.165, 1.54) is 0 Å². The third-order valence-corrected chi connectivity index (χ3v) is 2.51. The minimum atomic E-state index is -0.127. The van der Waals surface area contributed by atoms with E-state index < -0.39 is 0 Å². The van der Waals surface area contributed by atoms with Gasteiger partial charge in [0.05, 0.1) is 0 Å². The van der Waals surface area contributed by atoms with Crippen molar-refractivity contribution in [1.82, 2.24) is 0 Å². The quantitative estimate of drug-likeness (QED) is 0.861. The van der Waals surface area contributed by atoms with E-state index in [1.807, 2.05) is 6.92 Å². The van der Waals surface area contributed by atoms with Gasteiger partial charge in [0, 0.05) is 16.6 Å². The maximum Gasteiger partial charge on any atom is 0.123 e. The van der Waals surface area contributed by atoms with E-state index in [-0.39, 0.29) is 24.2 Å². The highest BCUT2D eigenvalue weighted by Crippen LogP contribution is 2.31. The maximum atomic E-state index is 9.78. The lowest BCUT2D eigenvalue weighted by Gasteiger charge is -2.14. The number of rotatable bonds is 3. The number of halogens is 2. The monoisotopic (exact) mass is 249 g/mol. The Balaban J connectivity index is 0.00000196. The Morgan fingerprint density at radius 2 is 2.07 bits per heavy atom. The second-order valence-electron chi connectivity index (χ2n) is 3.56. The lowest BCUT2D eigenvalue weighted by molar-refractivity contribution is 0.454. The highest BCUT2D eigenvalue weighted by atomic mass is 35.5. The van der Waals surface area contributed by atoms with Gasteiger partial charge < -0.3 is 10.8 Å². The van der Waals surface area contributed by atoms with Crippen molar-refractivity contribution >= 4 is 24.0 Å². The molecule has 0 aliphatic heterocycles. The van der Waals surface area contributed by atoms with Crippen LogP contribution in [-0.2, 0) is 0 Å². The molecule has 0 saturated carbocycles. The Bertz CT molecular complexity index is 329. The summed E-state index contributed by atoms with van der Waals surface area (Å²) >= 11 is 5.90. The van der Waals surface area contributed by atoms with Crippen LogP contribution >= 0.6 is 24.0 Å². The van der Waals surface area contributed by atoms with Gasteiger partial charge in [-0.1, -0.05) is 24.9 Å². The zero-order valence-electron chi connectivity index (χ0n) is 8.96. The predicted molar refractivity (Wildman–Crippen MR) is 66.9 cm³/mol. The Morgan fingerprint density at radius 3 is 2.60 bits per heavy atom. The van der Waals surface area contributed by atoms with E-state index in [2.05, 4.69) is 6.92 Å². The van der Waals surface area contributed by atoms with Crippen molar-refractivity contribution in [3.8, 4) is 5.75 Å². The van der Waals surface area contributed by atoms with Crippen LogP contribution in [0.15, 0.2) is 12.1 Å². The normalized spacial score (nSPS) is 12.0. The van der Waals surface area contributed by atoms with Crippen LogP contribution in [0.4, 0.5) is 0 Å². The summed E-state index contributed by atoms with van der Waals surface area (Å²) in [5.74, 6) is 0.273. The van der Waals surface area contributed by atoms with Crippen molar-refractivity contribution in [2.24, 2.45) is 5.73 Å². The first-order valence-electron chi connectivity index (χ1n) is 4.80. The molecule has 2 nitrogen and oxygen atoms in total. The number of hydrogen-bond acceptors (Lipinski definition) is 2. The van der Waals surface area contributed by atoms with Crippen molar-refractivity contribution in [2.45, 2.75) is 32.7 Å². The van der Waals surface area contributed by atoms with E-state index in [0.717, 1.165) is 24.0 Å². The summed E-state index contributed by atoms with van der Waals surface area (Å²) < 4.78 is 0. The summed E-state index contributed by atoms with van der Waals surface area (Å²) in [4.78, 5) is 0. The fourth-order valence-corrected chi connectivity index (χ4v) is 1.79. The van der Waals surface area contributed by atoms with E-state index >= 15 is 0 Å². The minimum Gasteiger partial charge on any atom is -0.507 e. The van der Waals surface area contributed by atoms with Gasteiger partial charge in [0.2, 0.25) is 0 Å². The largest absolute Gasteiger partial charge is 0.507 e. The number of phenols is 1. The summed E-state index contributed by atoms with van der Waals surface area (Å²) in [6.07, 6.45) is 1.85. The van der Waals surface area contributed by atoms with Crippen molar-refractivity contribution in [3.05, 3.63) is 28.3 Å². The molecule has 4 heteroatoms. The minimum absolute atomic E-state index is 0. The second-order valence-corrected chi connectivity index (χ2v) is 3.99. The lowest BCUT2D eigenvalue weighted by atomic mass is 10.00. The SMILES string of the molecule is CCC[C@H](N)c1cc(Cl)cc(C)c1O.Cl. The summed E-state index contributed by atoms with van der Waals surface area (Å²) in [5.41, 5.74) is 7.45. The summed E-state index contributed by atoms with van der Waals surface area (Å²) in [7, 11) is 0. The molecule has 0 aliphatic carbocycles. The zero-order chi connectivity index (χ0) is 10.7. The van der Waals surface area contributed by atoms with Crippen LogP contribution in [0.5, 0.6) is 5.75 Å². The highest BCUT2D eigenvalue weighted by molar-refractivity contribution is 6.30. The van der Waals surface area contributed by atoms with Gasteiger partial charge in [-0.3, -0.25) is 0 Å². The predicted octanol–water partition coefficient (Wildman–Crippen LogP) is 3.58. The lowest BCUT2D eigenvalue weighted by Crippen LogP contribution is -2.10. The van der Waals surface area contributed by atoms with Crippen LogP contribution in [0.3, 0.4) is 0 Å². The molecule has 15 heavy (non-hydrogen) atoms. The molecule has 0 spiro atoms. The smallest absolute Gasteiger partial charge is 0.123 e. The van der Waals surface area contributed by atoms with Gasteiger partial charge in [0.25, 0.3) is 0 Å². The van der Waals surface area contributed by atoms with Crippen LogP contribution < -0.4 is 5.73 Å². The van der Waals surface area contributed by atoms with Gasteiger partial charge in [0.15, 0.2) is 0 Å². The first kappa shape index (κ1) is 14.6. The topological polar surface area (TPSA) is 46.2 Å². The van der Waals surface area contributed by atoms with E-state index in [9.17, 15) is 5.11 Å². The van der Waals surface area contributed by atoms with Crippen LogP contribution in [0, 0.1) is 6.92 Å². The number of benzene rings is 1. The van der Waals surface area contributed by atoms with E-state index in [1.54, 1.807) is 12.1 Å². The number of aromatic hydroxyl groups is 1. The molecule has 0 unspecified atom stereocenters. The van der Waals surface area contributed by atoms with Gasteiger partial charge in [-0.15, -0.1) is 12.4 Å². The second kappa shape index (κ2) is 6.21. The Labute approximate surface area is 102 Å². The molecule has 0 saturated heterocycles. The van der Waals surface area contributed by atoms with Crippen LogP contribution in [-0.4, -0.2) is 5.11 Å². The molecule has 0 amide bonds. The third-order valence-electron chi connectivity index (χ3n) is 2.29. The van der Waals surface area contributed by atoms with Gasteiger partial charge >= 0.3 is 0 Å². The van der Waals surface area contributed by atoms with Gasteiger partial charge in [-0.25, -0.2) is 0 Å². The van der Waals surface area contributed by atoms with Crippen molar-refractivity contribution in [3.63, 3.8) is 0 Å². The molecule has 0 radical (unpaired) electrons. The average Bonchev–Trinajstić information content (AvgIpc) is 2.11. The van der Waals surface area contributed by atoms with Crippen molar-refractivity contribution in [1.29, 1.82) is 0 Å². The molecule has 1 rings (SSSR count). The molecular weight excluding hydrogens is 233 g/mol. The van der Waals surface area contributed by atoms with Gasteiger partial charge in [-0.05, 0) is 31.0 Å². The average molecular weight is 250 g/mol. The molecule has 1 aromatic rings. The fourth-order valence-electron chi connectivity index (χ4n) is 1.51. The molecule has 0 fully saturated rings. The Kier molecular flexibility index (Phi) is 6.03. The molecule has 3 N–H and O–H groups in total. The van der Waals surface area contributed by atoms with E-state index in [4.69, 9.17) is 17.3 Å².